The van der Waals surface area contributed by atoms with Crippen molar-refractivity contribution in [1.82, 2.24) is 25.7 Å². The molecule has 4 rings (SSSR count). The summed E-state index contributed by atoms with van der Waals surface area (Å²) in [6.45, 7) is 1.56. The van der Waals surface area contributed by atoms with Crippen LogP contribution >= 0.6 is 22.9 Å². The standard InChI is InChI=1S/C16H17ClN6OS/c1-8(24)19-10-3-2-9(6-10)15-22-23-16(25-15)20-13-5-4-12-11(14(13)17)7-18-21-12/h4-5,7,9-10H,2-3,6H2,1H3,(H,18,21)(H,19,24)(H,20,23)/t9-,10+/m0/s1. The largest absolute Gasteiger partial charge is 0.354 e. The number of hydrogen-bond acceptors (Lipinski definition) is 6. The van der Waals surface area contributed by atoms with E-state index in [0.717, 1.165) is 40.9 Å². The Labute approximate surface area is 153 Å². The second-order valence-electron chi connectivity index (χ2n) is 6.24. The van der Waals surface area contributed by atoms with E-state index >= 15 is 0 Å². The molecule has 2 heterocycles. The van der Waals surface area contributed by atoms with Crippen LogP contribution < -0.4 is 10.6 Å². The molecule has 25 heavy (non-hydrogen) atoms. The fourth-order valence-corrected chi connectivity index (χ4v) is 4.43. The first-order chi connectivity index (χ1) is 12.1. The van der Waals surface area contributed by atoms with E-state index in [2.05, 4.69) is 31.0 Å². The van der Waals surface area contributed by atoms with Gasteiger partial charge in [0.05, 0.1) is 22.4 Å². The van der Waals surface area contributed by atoms with Crippen molar-refractivity contribution in [3.05, 3.63) is 28.4 Å². The number of nitrogens with one attached hydrogen (secondary N) is 3. The number of aromatic amines is 1. The summed E-state index contributed by atoms with van der Waals surface area (Å²) in [5.41, 5.74) is 1.67. The van der Waals surface area contributed by atoms with Crippen molar-refractivity contribution in [1.29, 1.82) is 0 Å². The summed E-state index contributed by atoms with van der Waals surface area (Å²) in [5, 5.41) is 24.9. The summed E-state index contributed by atoms with van der Waals surface area (Å²) in [4.78, 5) is 11.2. The SMILES string of the molecule is CC(=O)N[C@@H]1CC[C@H](c2nnc(Nc3ccc4[nH]ncc4c3Cl)s2)C1. The summed E-state index contributed by atoms with van der Waals surface area (Å²) in [6, 6.07) is 4.06. The quantitative estimate of drug-likeness (QED) is 0.646. The van der Waals surface area contributed by atoms with Crippen molar-refractivity contribution >= 4 is 50.6 Å². The Balaban J connectivity index is 1.48. The van der Waals surface area contributed by atoms with Gasteiger partial charge in [-0.05, 0) is 31.4 Å². The smallest absolute Gasteiger partial charge is 0.217 e. The van der Waals surface area contributed by atoms with E-state index in [9.17, 15) is 4.79 Å². The summed E-state index contributed by atoms with van der Waals surface area (Å²) in [5.74, 6) is 0.367. The topological polar surface area (TPSA) is 95.6 Å². The van der Waals surface area contributed by atoms with Crippen molar-refractivity contribution in [2.24, 2.45) is 0 Å². The van der Waals surface area contributed by atoms with Gasteiger partial charge in [0.25, 0.3) is 0 Å². The molecule has 7 nitrogen and oxygen atoms in total. The van der Waals surface area contributed by atoms with Crippen molar-refractivity contribution in [3.8, 4) is 0 Å². The van der Waals surface area contributed by atoms with Gasteiger partial charge in [-0.15, -0.1) is 10.2 Å². The van der Waals surface area contributed by atoms with Gasteiger partial charge in [-0.2, -0.15) is 5.10 Å². The Bertz CT molecular complexity index is 922. The van der Waals surface area contributed by atoms with Crippen LogP contribution in [0.15, 0.2) is 18.3 Å². The number of anilines is 2. The molecule has 1 fully saturated rings. The van der Waals surface area contributed by atoms with Crippen LogP contribution in [0.25, 0.3) is 10.9 Å². The molecule has 0 saturated heterocycles. The van der Waals surface area contributed by atoms with Crippen LogP contribution in [0, 0.1) is 0 Å². The van der Waals surface area contributed by atoms with E-state index in [0.29, 0.717) is 16.1 Å². The molecular weight excluding hydrogens is 360 g/mol. The minimum Gasteiger partial charge on any atom is -0.354 e. The van der Waals surface area contributed by atoms with Gasteiger partial charge in [0.1, 0.15) is 5.01 Å². The molecule has 3 aromatic rings. The lowest BCUT2D eigenvalue weighted by Crippen LogP contribution is -2.30. The first kappa shape index (κ1) is 16.3. The van der Waals surface area contributed by atoms with E-state index in [1.807, 2.05) is 12.1 Å². The van der Waals surface area contributed by atoms with E-state index in [4.69, 9.17) is 11.6 Å². The maximum Gasteiger partial charge on any atom is 0.217 e. The number of carbonyl (C=O) groups is 1. The third-order valence-corrected chi connectivity index (χ3v) is 5.84. The lowest BCUT2D eigenvalue weighted by molar-refractivity contribution is -0.119. The van der Waals surface area contributed by atoms with Gasteiger partial charge >= 0.3 is 0 Å². The minimum atomic E-state index is 0.0227. The van der Waals surface area contributed by atoms with Crippen molar-refractivity contribution in [3.63, 3.8) is 0 Å². The normalized spacial score (nSPS) is 20.1. The Morgan fingerprint density at radius 1 is 1.36 bits per heavy atom. The number of fused-ring (bicyclic) bond motifs is 1. The Hall–Kier alpha value is -2.19. The number of amides is 1. The predicted molar refractivity (Wildman–Crippen MR) is 98.5 cm³/mol. The summed E-state index contributed by atoms with van der Waals surface area (Å²) < 4.78 is 0. The first-order valence-corrected chi connectivity index (χ1v) is 9.28. The number of carbonyl (C=O) groups excluding carboxylic acids is 1. The van der Waals surface area contributed by atoms with Crippen molar-refractivity contribution in [2.75, 3.05) is 5.32 Å². The number of H-pyrrole nitrogens is 1. The molecule has 3 N–H and O–H groups in total. The number of rotatable bonds is 4. The highest BCUT2D eigenvalue weighted by atomic mass is 35.5. The molecule has 1 aromatic carbocycles. The highest BCUT2D eigenvalue weighted by Crippen LogP contribution is 2.38. The van der Waals surface area contributed by atoms with Crippen LogP contribution in [0.4, 0.5) is 10.8 Å². The van der Waals surface area contributed by atoms with Crippen molar-refractivity contribution in [2.45, 2.75) is 38.1 Å². The second-order valence-corrected chi connectivity index (χ2v) is 7.62. The Morgan fingerprint density at radius 2 is 2.24 bits per heavy atom. The summed E-state index contributed by atoms with van der Waals surface area (Å²) in [7, 11) is 0. The van der Waals surface area contributed by atoms with Crippen LogP contribution in [0.5, 0.6) is 0 Å². The molecule has 1 aliphatic rings. The molecule has 1 aliphatic carbocycles. The third-order valence-electron chi connectivity index (χ3n) is 4.43. The molecule has 1 amide bonds. The van der Waals surface area contributed by atoms with Gasteiger partial charge in [-0.25, -0.2) is 0 Å². The Morgan fingerprint density at radius 3 is 3.08 bits per heavy atom. The van der Waals surface area contributed by atoms with Gasteiger partial charge < -0.3 is 10.6 Å². The van der Waals surface area contributed by atoms with Crippen LogP contribution in [0.1, 0.15) is 37.1 Å². The molecular formula is C16H17ClN6OS. The van der Waals surface area contributed by atoms with Crippen LogP contribution in [0.2, 0.25) is 5.02 Å². The Kier molecular flexibility index (Phi) is 4.30. The van der Waals surface area contributed by atoms with E-state index in [1.165, 1.54) is 11.3 Å². The average Bonchev–Trinajstić information content (AvgIpc) is 3.29. The zero-order chi connectivity index (χ0) is 17.4. The number of halogens is 1. The molecule has 0 unspecified atom stereocenters. The highest BCUT2D eigenvalue weighted by Gasteiger charge is 2.29. The minimum absolute atomic E-state index is 0.0227. The first-order valence-electron chi connectivity index (χ1n) is 8.09. The second kappa shape index (κ2) is 6.61. The predicted octanol–water partition coefficient (Wildman–Crippen LogP) is 3.58. The van der Waals surface area contributed by atoms with Gasteiger partial charge in [-0.3, -0.25) is 9.89 Å². The van der Waals surface area contributed by atoms with Gasteiger partial charge in [-0.1, -0.05) is 22.9 Å². The molecule has 2 atom stereocenters. The number of nitrogens with zero attached hydrogens (tertiary/aromatic N) is 3. The molecule has 9 heteroatoms. The average molecular weight is 377 g/mol. The van der Waals surface area contributed by atoms with Crippen molar-refractivity contribution < 1.29 is 4.79 Å². The molecule has 130 valence electrons. The molecule has 2 aromatic heterocycles. The number of hydrogen-bond donors (Lipinski definition) is 3. The summed E-state index contributed by atoms with van der Waals surface area (Å²) in [6.07, 6.45) is 4.61. The van der Waals surface area contributed by atoms with Gasteiger partial charge in [0.2, 0.25) is 11.0 Å². The van der Waals surface area contributed by atoms with E-state index in [-0.39, 0.29) is 11.9 Å². The zero-order valence-corrected chi connectivity index (χ0v) is 15.1. The van der Waals surface area contributed by atoms with Gasteiger partial charge in [0, 0.05) is 24.3 Å². The zero-order valence-electron chi connectivity index (χ0n) is 13.5. The van der Waals surface area contributed by atoms with Gasteiger partial charge in [0.15, 0.2) is 0 Å². The maximum atomic E-state index is 11.2. The maximum absolute atomic E-state index is 11.2. The van der Waals surface area contributed by atoms with Crippen LogP contribution in [-0.2, 0) is 4.79 Å². The molecule has 0 aliphatic heterocycles. The lowest BCUT2D eigenvalue weighted by Gasteiger charge is -2.10. The molecule has 0 spiro atoms. The van der Waals surface area contributed by atoms with E-state index in [1.54, 1.807) is 13.1 Å². The van der Waals surface area contributed by atoms with Crippen LogP contribution in [0.3, 0.4) is 0 Å². The van der Waals surface area contributed by atoms with Crippen LogP contribution in [-0.4, -0.2) is 32.3 Å². The molecule has 0 bridgehead atoms. The molecule has 1 saturated carbocycles. The third kappa shape index (κ3) is 3.32. The van der Waals surface area contributed by atoms with E-state index < -0.39 is 0 Å². The molecule has 0 radical (unpaired) electrons. The number of aromatic nitrogens is 4. The fourth-order valence-electron chi connectivity index (χ4n) is 3.27. The monoisotopic (exact) mass is 376 g/mol. The summed E-state index contributed by atoms with van der Waals surface area (Å²) >= 11 is 7.96. The number of benzene rings is 1. The lowest BCUT2D eigenvalue weighted by atomic mass is 10.1. The highest BCUT2D eigenvalue weighted by molar-refractivity contribution is 7.15. The fraction of sp³-hybridized carbons (Fsp3) is 0.375.